The Morgan fingerprint density at radius 3 is 2.59 bits per heavy atom. The normalized spacial score (nSPS) is 22.6. The van der Waals surface area contributed by atoms with Gasteiger partial charge in [0.1, 0.15) is 0 Å². The average Bonchev–Trinajstić information content (AvgIpc) is 2.68. The minimum atomic E-state index is -2.46. The smallest absolute Gasteiger partial charge is 0.248 e. The molecule has 1 heterocycles. The fourth-order valence-corrected chi connectivity index (χ4v) is 2.62. The van der Waals surface area contributed by atoms with Crippen LogP contribution < -0.4 is 5.32 Å². The van der Waals surface area contributed by atoms with E-state index < -0.39 is 5.92 Å². The van der Waals surface area contributed by atoms with E-state index >= 15 is 0 Å². The van der Waals surface area contributed by atoms with E-state index in [4.69, 9.17) is 0 Å². The highest BCUT2D eigenvalue weighted by molar-refractivity contribution is 5.07. The van der Waals surface area contributed by atoms with Crippen LogP contribution in [0, 0.1) is 5.92 Å². The second-order valence-corrected chi connectivity index (χ2v) is 4.87. The summed E-state index contributed by atoms with van der Waals surface area (Å²) < 4.78 is 28.0. The lowest BCUT2D eigenvalue weighted by molar-refractivity contribution is -0.0496. The first-order valence-corrected chi connectivity index (χ1v) is 6.06. The molecule has 0 spiro atoms. The van der Waals surface area contributed by atoms with E-state index in [9.17, 15) is 8.78 Å². The molecule has 17 heavy (non-hydrogen) atoms. The number of halogens is 2. The zero-order valence-corrected chi connectivity index (χ0v) is 10.3. The van der Waals surface area contributed by atoms with Gasteiger partial charge in [0.25, 0.3) is 0 Å². The molecule has 0 aliphatic heterocycles. The Morgan fingerprint density at radius 1 is 1.47 bits per heavy atom. The van der Waals surface area contributed by atoms with Crippen LogP contribution in [0.1, 0.15) is 37.4 Å². The number of nitrogens with zero attached hydrogens (tertiary/aromatic N) is 2. The van der Waals surface area contributed by atoms with Crippen molar-refractivity contribution in [3.05, 3.63) is 18.0 Å². The van der Waals surface area contributed by atoms with Gasteiger partial charge >= 0.3 is 0 Å². The molecule has 0 amide bonds. The van der Waals surface area contributed by atoms with Gasteiger partial charge in [-0.15, -0.1) is 0 Å². The molecule has 96 valence electrons. The van der Waals surface area contributed by atoms with Gasteiger partial charge in [-0.2, -0.15) is 5.10 Å². The van der Waals surface area contributed by atoms with Gasteiger partial charge in [0.15, 0.2) is 0 Å². The fraction of sp³-hybridized carbons (Fsp3) is 0.750. The van der Waals surface area contributed by atoms with Crippen LogP contribution in [0.25, 0.3) is 0 Å². The summed E-state index contributed by atoms with van der Waals surface area (Å²) in [4.78, 5) is 0. The van der Waals surface area contributed by atoms with Crippen LogP contribution in [-0.4, -0.2) is 22.8 Å². The molecule has 1 saturated carbocycles. The van der Waals surface area contributed by atoms with Gasteiger partial charge in [0.05, 0.1) is 11.7 Å². The van der Waals surface area contributed by atoms with Crippen LogP contribution >= 0.6 is 0 Å². The third-order valence-electron chi connectivity index (χ3n) is 3.60. The first-order valence-electron chi connectivity index (χ1n) is 6.06. The minimum absolute atomic E-state index is 0.00266. The third-order valence-corrected chi connectivity index (χ3v) is 3.60. The summed E-state index contributed by atoms with van der Waals surface area (Å²) >= 11 is 0. The van der Waals surface area contributed by atoms with Gasteiger partial charge in [-0.3, -0.25) is 4.68 Å². The van der Waals surface area contributed by atoms with Gasteiger partial charge in [0, 0.05) is 26.1 Å². The van der Waals surface area contributed by atoms with Gasteiger partial charge in [-0.25, -0.2) is 8.78 Å². The number of alkyl halides is 2. The van der Waals surface area contributed by atoms with Crippen LogP contribution in [0.3, 0.4) is 0 Å². The molecule has 1 N–H and O–H groups in total. The quantitative estimate of drug-likeness (QED) is 0.884. The van der Waals surface area contributed by atoms with Crippen molar-refractivity contribution in [1.29, 1.82) is 0 Å². The SMILES string of the molecule is CNC(c1ccn(C)n1)C1CCC(F)(F)CC1. The highest BCUT2D eigenvalue weighted by Gasteiger charge is 2.38. The van der Waals surface area contributed by atoms with Gasteiger partial charge in [-0.05, 0) is 31.9 Å². The van der Waals surface area contributed by atoms with Crippen molar-refractivity contribution in [3.63, 3.8) is 0 Å². The Balaban J connectivity index is 2.05. The maximum Gasteiger partial charge on any atom is 0.248 e. The lowest BCUT2D eigenvalue weighted by Crippen LogP contribution is -2.32. The summed E-state index contributed by atoms with van der Waals surface area (Å²) in [6.07, 6.45) is 3.02. The van der Waals surface area contributed by atoms with E-state index in [1.165, 1.54) is 0 Å². The number of nitrogens with one attached hydrogen (secondary N) is 1. The molecule has 1 aliphatic rings. The predicted octanol–water partition coefficient (Wildman–Crippen LogP) is 2.51. The molecule has 0 saturated heterocycles. The van der Waals surface area contributed by atoms with Gasteiger partial charge < -0.3 is 5.32 Å². The van der Waals surface area contributed by atoms with E-state index in [2.05, 4.69) is 10.4 Å². The van der Waals surface area contributed by atoms with Crippen molar-refractivity contribution in [1.82, 2.24) is 15.1 Å². The number of aromatic nitrogens is 2. The monoisotopic (exact) mass is 243 g/mol. The number of aryl methyl sites for hydroxylation is 1. The predicted molar refractivity (Wildman–Crippen MR) is 61.9 cm³/mol. The number of hydrogen-bond acceptors (Lipinski definition) is 2. The summed E-state index contributed by atoms with van der Waals surface area (Å²) in [5.74, 6) is -2.20. The highest BCUT2D eigenvalue weighted by atomic mass is 19.3. The Kier molecular flexibility index (Phi) is 3.47. The van der Waals surface area contributed by atoms with Crippen molar-refractivity contribution < 1.29 is 8.78 Å². The van der Waals surface area contributed by atoms with Crippen molar-refractivity contribution in [3.8, 4) is 0 Å². The molecule has 2 rings (SSSR count). The molecular formula is C12H19F2N3. The Morgan fingerprint density at radius 2 is 2.12 bits per heavy atom. The standard InChI is InChI=1S/C12H19F2N3/c1-15-11(10-5-8-17(2)16-10)9-3-6-12(13,14)7-4-9/h5,8-9,11,15H,3-4,6-7H2,1-2H3. The summed E-state index contributed by atoms with van der Waals surface area (Å²) in [6.45, 7) is 0. The van der Waals surface area contributed by atoms with Crippen molar-refractivity contribution >= 4 is 0 Å². The molecule has 0 bridgehead atoms. The molecule has 3 nitrogen and oxygen atoms in total. The Labute approximate surface area is 100 Å². The van der Waals surface area contributed by atoms with E-state index in [-0.39, 0.29) is 24.8 Å². The van der Waals surface area contributed by atoms with Crippen LogP contribution in [-0.2, 0) is 7.05 Å². The minimum Gasteiger partial charge on any atom is -0.311 e. The molecule has 1 fully saturated rings. The molecule has 1 aromatic heterocycles. The Bertz CT molecular complexity index is 366. The molecular weight excluding hydrogens is 224 g/mol. The second kappa shape index (κ2) is 4.72. The molecule has 5 heteroatoms. The lowest BCUT2D eigenvalue weighted by Gasteiger charge is -2.32. The van der Waals surface area contributed by atoms with E-state index in [1.807, 2.05) is 26.4 Å². The van der Waals surface area contributed by atoms with Crippen LogP contribution in [0.4, 0.5) is 8.78 Å². The molecule has 1 atom stereocenters. The summed E-state index contributed by atoms with van der Waals surface area (Å²) in [5.41, 5.74) is 0.949. The van der Waals surface area contributed by atoms with Crippen LogP contribution in [0.5, 0.6) is 0 Å². The topological polar surface area (TPSA) is 29.9 Å². The molecule has 1 unspecified atom stereocenters. The first kappa shape index (κ1) is 12.5. The maximum absolute atomic E-state index is 13.1. The third kappa shape index (κ3) is 2.83. The van der Waals surface area contributed by atoms with Crippen LogP contribution in [0.2, 0.25) is 0 Å². The van der Waals surface area contributed by atoms with Crippen LogP contribution in [0.15, 0.2) is 12.3 Å². The number of hydrogen-bond donors (Lipinski definition) is 1. The van der Waals surface area contributed by atoms with Gasteiger partial charge in [-0.1, -0.05) is 0 Å². The van der Waals surface area contributed by atoms with Crippen molar-refractivity contribution in [2.45, 2.75) is 37.6 Å². The van der Waals surface area contributed by atoms with E-state index in [0.717, 1.165) is 5.69 Å². The van der Waals surface area contributed by atoms with Gasteiger partial charge in [0.2, 0.25) is 5.92 Å². The first-order chi connectivity index (χ1) is 8.02. The lowest BCUT2D eigenvalue weighted by atomic mass is 9.81. The van der Waals surface area contributed by atoms with Crippen molar-refractivity contribution in [2.24, 2.45) is 13.0 Å². The second-order valence-electron chi connectivity index (χ2n) is 4.87. The summed E-state index contributed by atoms with van der Waals surface area (Å²) in [5, 5.41) is 7.57. The summed E-state index contributed by atoms with van der Waals surface area (Å²) in [7, 11) is 3.73. The molecule has 0 aromatic carbocycles. The Hall–Kier alpha value is -0.970. The molecule has 1 aliphatic carbocycles. The number of rotatable bonds is 3. The van der Waals surface area contributed by atoms with E-state index in [0.29, 0.717) is 12.8 Å². The molecule has 1 aromatic rings. The maximum atomic E-state index is 13.1. The fourth-order valence-electron chi connectivity index (χ4n) is 2.62. The van der Waals surface area contributed by atoms with E-state index in [1.54, 1.807) is 4.68 Å². The zero-order chi connectivity index (χ0) is 12.5. The largest absolute Gasteiger partial charge is 0.311 e. The highest BCUT2D eigenvalue weighted by Crippen LogP contribution is 2.40. The zero-order valence-electron chi connectivity index (χ0n) is 10.3. The van der Waals surface area contributed by atoms with Crippen molar-refractivity contribution in [2.75, 3.05) is 7.05 Å². The molecule has 0 radical (unpaired) electrons. The average molecular weight is 243 g/mol. The summed E-state index contributed by atoms with van der Waals surface area (Å²) in [6, 6.07) is 2.04.